The molecule has 0 heterocycles. The van der Waals surface area contributed by atoms with Gasteiger partial charge in [-0.2, -0.15) is 0 Å². The van der Waals surface area contributed by atoms with Gasteiger partial charge < -0.3 is 5.11 Å². The maximum atomic E-state index is 12.1. The van der Waals surface area contributed by atoms with Crippen molar-refractivity contribution in [1.82, 2.24) is 0 Å². The number of ketones is 1. The first-order valence-electron chi connectivity index (χ1n) is 10.4. The lowest BCUT2D eigenvalue weighted by Crippen LogP contribution is -2.53. The average Bonchev–Trinajstić information content (AvgIpc) is 2.89. The van der Waals surface area contributed by atoms with Gasteiger partial charge in [0.25, 0.3) is 0 Å². The highest BCUT2D eigenvalue weighted by molar-refractivity contribution is 5.91. The number of allylic oxidation sites excluding steroid dienone is 2. The first-order chi connectivity index (χ1) is 12.3. The molecule has 142 valence electrons. The summed E-state index contributed by atoms with van der Waals surface area (Å²) in [6.45, 7) is 9.21. The molecule has 4 aliphatic rings. The molecule has 3 heteroatoms. The molecule has 3 saturated carbocycles. The fourth-order valence-electron chi connectivity index (χ4n) is 7.22. The first kappa shape index (κ1) is 18.0. The van der Waals surface area contributed by atoms with Crippen LogP contribution in [0.25, 0.3) is 0 Å². The summed E-state index contributed by atoms with van der Waals surface area (Å²) in [6, 6.07) is 0. The molecule has 3 nitrogen and oxygen atoms in total. The second kappa shape index (κ2) is 6.07. The molecule has 0 amide bonds. The van der Waals surface area contributed by atoms with E-state index >= 15 is 0 Å². The molecule has 0 aromatic rings. The van der Waals surface area contributed by atoms with Gasteiger partial charge in [0.2, 0.25) is 0 Å². The van der Waals surface area contributed by atoms with E-state index in [2.05, 4.69) is 20.4 Å². The number of carboxylic acid groups (broad SMARTS) is 1. The molecule has 26 heavy (non-hydrogen) atoms. The standard InChI is InChI=1S/C23H32O3/c1-14-4-6-18-21-15(5-7-20(25)26)12-16-13-17(24)8-10-23(16,3)19(21)9-11-22(14,18)2/h13,15,18-19,21H,1,4-12H2,2-3H3,(H,25,26)/t15?,18?,19?,21?,22-,23+/m1/s1. The number of fused-ring (bicyclic) bond motifs is 5. The Morgan fingerprint density at radius 2 is 1.92 bits per heavy atom. The van der Waals surface area contributed by atoms with Crippen molar-refractivity contribution in [2.75, 3.05) is 0 Å². The Kier molecular flexibility index (Phi) is 4.20. The normalized spacial score (nSPS) is 44.8. The van der Waals surface area contributed by atoms with E-state index in [1.807, 2.05) is 6.08 Å². The van der Waals surface area contributed by atoms with E-state index in [1.165, 1.54) is 30.4 Å². The van der Waals surface area contributed by atoms with Crippen LogP contribution in [-0.2, 0) is 9.59 Å². The fourth-order valence-corrected chi connectivity index (χ4v) is 7.22. The molecule has 4 rings (SSSR count). The van der Waals surface area contributed by atoms with Crippen LogP contribution in [0, 0.1) is 34.5 Å². The van der Waals surface area contributed by atoms with Gasteiger partial charge in [-0.05, 0) is 85.5 Å². The number of carbonyl (C=O) groups excluding carboxylic acids is 1. The van der Waals surface area contributed by atoms with E-state index in [1.54, 1.807) is 0 Å². The summed E-state index contributed by atoms with van der Waals surface area (Å²) in [7, 11) is 0. The van der Waals surface area contributed by atoms with Gasteiger partial charge in [0.15, 0.2) is 5.78 Å². The molecule has 3 fully saturated rings. The lowest BCUT2D eigenvalue weighted by Gasteiger charge is -2.60. The van der Waals surface area contributed by atoms with Crippen LogP contribution in [0.15, 0.2) is 23.8 Å². The largest absolute Gasteiger partial charge is 0.481 e. The van der Waals surface area contributed by atoms with Gasteiger partial charge in [-0.15, -0.1) is 0 Å². The van der Waals surface area contributed by atoms with Gasteiger partial charge >= 0.3 is 5.97 Å². The fraction of sp³-hybridized carbons (Fsp3) is 0.739. The molecule has 0 aromatic heterocycles. The van der Waals surface area contributed by atoms with Crippen molar-refractivity contribution in [1.29, 1.82) is 0 Å². The third kappa shape index (κ3) is 2.53. The SMILES string of the molecule is C=C1CCC2C3C(CCC(=O)O)CC4=CC(=O)CC[C@]4(C)C3CC[C@]12C. The van der Waals surface area contributed by atoms with Crippen LogP contribution < -0.4 is 0 Å². The first-order valence-corrected chi connectivity index (χ1v) is 10.4. The van der Waals surface area contributed by atoms with E-state index < -0.39 is 5.97 Å². The van der Waals surface area contributed by atoms with Gasteiger partial charge in [-0.25, -0.2) is 0 Å². The highest BCUT2D eigenvalue weighted by Gasteiger charge is 2.59. The maximum absolute atomic E-state index is 12.1. The topological polar surface area (TPSA) is 54.4 Å². The Hall–Kier alpha value is -1.38. The van der Waals surface area contributed by atoms with Crippen LogP contribution in [-0.4, -0.2) is 16.9 Å². The van der Waals surface area contributed by atoms with Crippen LogP contribution >= 0.6 is 0 Å². The highest BCUT2D eigenvalue weighted by Crippen LogP contribution is 2.67. The molecule has 0 spiro atoms. The third-order valence-electron chi connectivity index (χ3n) is 8.82. The van der Waals surface area contributed by atoms with Gasteiger partial charge in [-0.1, -0.05) is 31.6 Å². The predicted octanol–water partition coefficient (Wildman–Crippen LogP) is 5.17. The molecule has 1 N–H and O–H groups in total. The molecule has 6 atom stereocenters. The summed E-state index contributed by atoms with van der Waals surface area (Å²) in [5.41, 5.74) is 3.13. The zero-order valence-electron chi connectivity index (χ0n) is 16.2. The number of carboxylic acids is 1. The predicted molar refractivity (Wildman–Crippen MR) is 102 cm³/mol. The Balaban J connectivity index is 1.73. The summed E-state index contributed by atoms with van der Waals surface area (Å²) in [4.78, 5) is 23.3. The molecular formula is C23H32O3. The van der Waals surface area contributed by atoms with E-state index in [4.69, 9.17) is 0 Å². The minimum absolute atomic E-state index is 0.142. The van der Waals surface area contributed by atoms with Crippen molar-refractivity contribution in [3.8, 4) is 0 Å². The summed E-state index contributed by atoms with van der Waals surface area (Å²) >= 11 is 0. The zero-order chi connectivity index (χ0) is 18.7. The minimum atomic E-state index is -0.696. The van der Waals surface area contributed by atoms with Crippen LogP contribution in [0.1, 0.15) is 71.6 Å². The van der Waals surface area contributed by atoms with Crippen molar-refractivity contribution in [3.63, 3.8) is 0 Å². The second-order valence-electron chi connectivity index (χ2n) is 9.84. The van der Waals surface area contributed by atoms with E-state index in [0.29, 0.717) is 30.1 Å². The van der Waals surface area contributed by atoms with E-state index in [9.17, 15) is 14.7 Å². The molecule has 0 bridgehead atoms. The molecule has 0 saturated heterocycles. The molecule has 0 radical (unpaired) electrons. The van der Waals surface area contributed by atoms with Crippen molar-refractivity contribution < 1.29 is 14.7 Å². The molecule has 0 aromatic carbocycles. The van der Waals surface area contributed by atoms with Crippen molar-refractivity contribution in [2.45, 2.75) is 71.6 Å². The van der Waals surface area contributed by atoms with Gasteiger partial charge in [0.1, 0.15) is 0 Å². The van der Waals surface area contributed by atoms with Gasteiger partial charge in [0.05, 0.1) is 0 Å². The third-order valence-corrected chi connectivity index (χ3v) is 8.82. The average molecular weight is 357 g/mol. The van der Waals surface area contributed by atoms with Gasteiger partial charge in [-0.3, -0.25) is 9.59 Å². The van der Waals surface area contributed by atoms with Crippen LogP contribution in [0.2, 0.25) is 0 Å². The van der Waals surface area contributed by atoms with Crippen molar-refractivity contribution in [2.24, 2.45) is 34.5 Å². The number of aliphatic carboxylic acids is 1. The van der Waals surface area contributed by atoms with E-state index in [0.717, 1.165) is 25.7 Å². The molecule has 0 aliphatic heterocycles. The molecule has 4 aliphatic carbocycles. The Bertz CT molecular complexity index is 690. The summed E-state index contributed by atoms with van der Waals surface area (Å²) < 4.78 is 0. The summed E-state index contributed by atoms with van der Waals surface area (Å²) in [5, 5.41) is 9.26. The number of rotatable bonds is 3. The Morgan fingerprint density at radius 3 is 2.65 bits per heavy atom. The summed E-state index contributed by atoms with van der Waals surface area (Å²) in [5.74, 6) is 1.79. The lowest BCUT2D eigenvalue weighted by molar-refractivity contribution is -0.138. The minimum Gasteiger partial charge on any atom is -0.481 e. The Morgan fingerprint density at radius 1 is 1.19 bits per heavy atom. The van der Waals surface area contributed by atoms with Crippen LogP contribution in [0.3, 0.4) is 0 Å². The molecular weight excluding hydrogens is 324 g/mol. The monoisotopic (exact) mass is 356 g/mol. The lowest BCUT2D eigenvalue weighted by atomic mass is 9.44. The van der Waals surface area contributed by atoms with Crippen LogP contribution in [0.4, 0.5) is 0 Å². The quantitative estimate of drug-likeness (QED) is 0.710. The van der Waals surface area contributed by atoms with Gasteiger partial charge in [0, 0.05) is 12.8 Å². The van der Waals surface area contributed by atoms with Crippen LogP contribution in [0.5, 0.6) is 0 Å². The Labute approximate surface area is 156 Å². The number of hydrogen-bond donors (Lipinski definition) is 1. The zero-order valence-corrected chi connectivity index (χ0v) is 16.2. The number of carbonyl (C=O) groups is 2. The molecule has 4 unspecified atom stereocenters. The highest BCUT2D eigenvalue weighted by atomic mass is 16.4. The smallest absolute Gasteiger partial charge is 0.303 e. The van der Waals surface area contributed by atoms with E-state index in [-0.39, 0.29) is 23.0 Å². The van der Waals surface area contributed by atoms with Crippen molar-refractivity contribution >= 4 is 11.8 Å². The van der Waals surface area contributed by atoms with Crippen molar-refractivity contribution in [3.05, 3.63) is 23.8 Å². The number of hydrogen-bond acceptors (Lipinski definition) is 2. The summed E-state index contributed by atoms with van der Waals surface area (Å²) in [6.07, 6.45) is 10.3. The second-order valence-corrected chi connectivity index (χ2v) is 9.84. The maximum Gasteiger partial charge on any atom is 0.303 e.